The van der Waals surface area contributed by atoms with E-state index in [1.54, 1.807) is 0 Å². The fourth-order valence-electron chi connectivity index (χ4n) is 7.51. The van der Waals surface area contributed by atoms with Crippen molar-refractivity contribution in [3.63, 3.8) is 0 Å². The van der Waals surface area contributed by atoms with Crippen LogP contribution in [-0.4, -0.2) is 55.6 Å². The van der Waals surface area contributed by atoms with Gasteiger partial charge in [0.1, 0.15) is 0 Å². The van der Waals surface area contributed by atoms with Gasteiger partial charge in [-0.3, -0.25) is 0 Å². The van der Waals surface area contributed by atoms with Crippen LogP contribution in [0.25, 0.3) is 0 Å². The Morgan fingerprint density at radius 1 is 0.750 bits per heavy atom. The van der Waals surface area contributed by atoms with Gasteiger partial charge in [0.2, 0.25) is 0 Å². The lowest BCUT2D eigenvalue weighted by molar-refractivity contribution is -0.0605. The van der Waals surface area contributed by atoms with Gasteiger partial charge < -0.3 is 15.5 Å². The lowest BCUT2D eigenvalue weighted by atomic mass is 9.62. The van der Waals surface area contributed by atoms with Crippen molar-refractivity contribution in [2.24, 2.45) is 53.1 Å². The van der Waals surface area contributed by atoms with Crippen molar-refractivity contribution in [2.45, 2.75) is 25.7 Å². The van der Waals surface area contributed by atoms with E-state index in [0.29, 0.717) is 5.92 Å². The molecule has 0 spiro atoms. The third kappa shape index (κ3) is 2.52. The van der Waals surface area contributed by atoms with Crippen LogP contribution in [0.1, 0.15) is 25.7 Å². The molecule has 8 bridgehead atoms. The van der Waals surface area contributed by atoms with E-state index in [-0.39, 0.29) is 0 Å². The molecule has 2 aliphatic carbocycles. The summed E-state index contributed by atoms with van der Waals surface area (Å²) < 4.78 is 0. The molecule has 2 saturated carbocycles. The molecule has 6 aliphatic heterocycles. The van der Waals surface area contributed by atoms with Crippen LogP contribution < -0.4 is 5.73 Å². The Morgan fingerprint density at radius 2 is 1.21 bits per heavy atom. The van der Waals surface area contributed by atoms with Crippen LogP contribution in [0.5, 0.6) is 0 Å². The van der Waals surface area contributed by atoms with Crippen molar-refractivity contribution in [1.82, 2.24) is 9.80 Å². The van der Waals surface area contributed by atoms with Gasteiger partial charge in [0.15, 0.2) is 0 Å². The van der Waals surface area contributed by atoms with Crippen molar-refractivity contribution >= 4 is 0 Å². The zero-order chi connectivity index (χ0) is 16.3. The minimum Gasteiger partial charge on any atom is -0.330 e. The SMILES string of the molecule is N#CC1C2CC3CC1CN(C3)C2.NCC1C2CC3CC1CN(C3)C2. The predicted molar refractivity (Wildman–Crippen MR) is 93.9 cm³/mol. The Labute approximate surface area is 146 Å². The minimum absolute atomic E-state index is 0.401. The molecule has 8 rings (SSSR count). The van der Waals surface area contributed by atoms with Gasteiger partial charge in [0.25, 0.3) is 0 Å². The van der Waals surface area contributed by atoms with E-state index in [0.717, 1.165) is 48.0 Å². The number of hydrogen-bond donors (Lipinski definition) is 1. The van der Waals surface area contributed by atoms with E-state index in [4.69, 9.17) is 11.0 Å². The highest BCUT2D eigenvalue weighted by atomic mass is 15.2. The second-order valence-electron chi connectivity index (χ2n) is 9.71. The first kappa shape index (κ1) is 15.6. The summed E-state index contributed by atoms with van der Waals surface area (Å²) in [5, 5.41) is 9.03. The van der Waals surface area contributed by atoms with Gasteiger partial charge in [-0.2, -0.15) is 5.26 Å². The molecule has 6 heterocycles. The normalized spacial score (nSPS) is 55.8. The van der Waals surface area contributed by atoms with Gasteiger partial charge in [-0.25, -0.2) is 0 Å². The smallest absolute Gasteiger partial charge is 0.0662 e. The van der Waals surface area contributed by atoms with E-state index >= 15 is 0 Å². The lowest BCUT2D eigenvalue weighted by Gasteiger charge is -2.55. The summed E-state index contributed by atoms with van der Waals surface area (Å²) in [6.07, 6.45) is 5.64. The molecule has 0 radical (unpaired) electrons. The third-order valence-electron chi connectivity index (χ3n) is 8.20. The Morgan fingerprint density at radius 3 is 1.62 bits per heavy atom. The highest BCUT2D eigenvalue weighted by molar-refractivity contribution is 5.05. The van der Waals surface area contributed by atoms with Crippen molar-refractivity contribution in [2.75, 3.05) is 45.8 Å². The van der Waals surface area contributed by atoms with E-state index in [2.05, 4.69) is 15.9 Å². The quantitative estimate of drug-likeness (QED) is 0.795. The van der Waals surface area contributed by atoms with Gasteiger partial charge in [0.05, 0.1) is 12.0 Å². The molecule has 24 heavy (non-hydrogen) atoms. The molecule has 4 atom stereocenters. The summed E-state index contributed by atoms with van der Waals surface area (Å²) in [5.41, 5.74) is 5.84. The fraction of sp³-hybridized carbons (Fsp3) is 0.950. The van der Waals surface area contributed by atoms with Gasteiger partial charge in [-0.15, -0.1) is 0 Å². The average Bonchev–Trinajstić information content (AvgIpc) is 2.54. The molecule has 8 fully saturated rings. The molecular formula is C20H32N4. The highest BCUT2D eigenvalue weighted by Gasteiger charge is 2.48. The number of nitrogens with two attached hydrogens (primary N) is 1. The second-order valence-corrected chi connectivity index (χ2v) is 9.71. The largest absolute Gasteiger partial charge is 0.330 e. The fourth-order valence-corrected chi connectivity index (χ4v) is 7.51. The maximum atomic E-state index is 9.03. The van der Waals surface area contributed by atoms with Gasteiger partial charge in [-0.05, 0) is 73.7 Å². The molecule has 132 valence electrons. The van der Waals surface area contributed by atoms with Crippen molar-refractivity contribution < 1.29 is 0 Å². The maximum absolute atomic E-state index is 9.03. The lowest BCUT2D eigenvalue weighted by Crippen LogP contribution is -2.59. The summed E-state index contributed by atoms with van der Waals surface area (Å²) >= 11 is 0. The van der Waals surface area contributed by atoms with Crippen LogP contribution in [0.4, 0.5) is 0 Å². The molecule has 0 aromatic rings. The van der Waals surface area contributed by atoms with Crippen LogP contribution in [-0.2, 0) is 0 Å². The summed E-state index contributed by atoms with van der Waals surface area (Å²) in [6, 6.07) is 2.52. The number of piperidine rings is 6. The first-order chi connectivity index (χ1) is 11.7. The molecule has 0 aromatic heterocycles. The minimum atomic E-state index is 0.401. The molecule has 0 aromatic carbocycles. The standard InChI is InChI=1S/C10H18N2.C10H14N2/c2*11-3-10-8-1-7-2-9(10)6-12(4-7)5-8/h7-10H,1-6,11H2;7-10H,1-2,4-6H2. The number of nitrogens with zero attached hydrogens (tertiary/aromatic N) is 3. The Kier molecular flexibility index (Phi) is 3.88. The Balaban J connectivity index is 0.000000109. The van der Waals surface area contributed by atoms with E-state index in [1.807, 2.05) is 0 Å². The molecule has 4 heteroatoms. The second kappa shape index (κ2) is 5.97. The maximum Gasteiger partial charge on any atom is 0.0662 e. The zero-order valence-corrected chi connectivity index (χ0v) is 14.8. The number of nitriles is 1. The highest BCUT2D eigenvalue weighted by Crippen LogP contribution is 2.47. The van der Waals surface area contributed by atoms with E-state index in [1.165, 1.54) is 65.0 Å². The average molecular weight is 329 g/mol. The Bertz CT molecular complexity index is 468. The monoisotopic (exact) mass is 328 g/mol. The molecule has 0 amide bonds. The van der Waals surface area contributed by atoms with Crippen LogP contribution in [0.2, 0.25) is 0 Å². The van der Waals surface area contributed by atoms with Crippen LogP contribution in [0.3, 0.4) is 0 Å². The van der Waals surface area contributed by atoms with Crippen molar-refractivity contribution in [3.8, 4) is 6.07 Å². The summed E-state index contributed by atoms with van der Waals surface area (Å²) in [7, 11) is 0. The van der Waals surface area contributed by atoms with Crippen LogP contribution >= 0.6 is 0 Å². The molecule has 8 aliphatic rings. The molecule has 4 nitrogen and oxygen atoms in total. The van der Waals surface area contributed by atoms with Gasteiger partial charge in [0, 0.05) is 39.3 Å². The number of hydrogen-bond acceptors (Lipinski definition) is 4. The zero-order valence-electron chi connectivity index (χ0n) is 14.8. The first-order valence-electron chi connectivity index (χ1n) is 10.3. The molecule has 2 N–H and O–H groups in total. The molecule has 6 saturated heterocycles. The first-order valence-corrected chi connectivity index (χ1v) is 10.3. The third-order valence-corrected chi connectivity index (χ3v) is 8.20. The predicted octanol–water partition coefficient (Wildman–Crippen LogP) is 1.63. The number of rotatable bonds is 1. The van der Waals surface area contributed by atoms with Crippen molar-refractivity contribution in [3.05, 3.63) is 0 Å². The van der Waals surface area contributed by atoms with Gasteiger partial charge in [-0.1, -0.05) is 0 Å². The summed E-state index contributed by atoms with van der Waals surface area (Å²) in [5.74, 6) is 6.61. The summed E-state index contributed by atoms with van der Waals surface area (Å²) in [6.45, 7) is 8.80. The van der Waals surface area contributed by atoms with Crippen LogP contribution in [0.15, 0.2) is 0 Å². The topological polar surface area (TPSA) is 56.3 Å². The van der Waals surface area contributed by atoms with Crippen molar-refractivity contribution in [1.29, 1.82) is 5.26 Å². The molecule has 4 unspecified atom stereocenters. The Hall–Kier alpha value is -0.630. The molecular weight excluding hydrogens is 296 g/mol. The van der Waals surface area contributed by atoms with E-state index < -0.39 is 0 Å². The van der Waals surface area contributed by atoms with E-state index in [9.17, 15) is 0 Å². The van der Waals surface area contributed by atoms with Gasteiger partial charge >= 0.3 is 0 Å². The van der Waals surface area contributed by atoms with Crippen LogP contribution in [0, 0.1) is 58.7 Å². The summed E-state index contributed by atoms with van der Waals surface area (Å²) in [4.78, 5) is 5.24.